The van der Waals surface area contributed by atoms with Gasteiger partial charge in [0.25, 0.3) is 0 Å². The molecule has 0 amide bonds. The molecule has 0 aliphatic heterocycles. The topological polar surface area (TPSA) is 12.0 Å². The van der Waals surface area contributed by atoms with E-state index in [0.29, 0.717) is 6.04 Å². The van der Waals surface area contributed by atoms with Crippen LogP contribution in [0.3, 0.4) is 0 Å². The van der Waals surface area contributed by atoms with E-state index >= 15 is 0 Å². The van der Waals surface area contributed by atoms with Gasteiger partial charge in [0.1, 0.15) is 0 Å². The highest BCUT2D eigenvalue weighted by molar-refractivity contribution is 7.16. The molecule has 1 aliphatic rings. The Morgan fingerprint density at radius 3 is 2.88 bits per heavy atom. The molecule has 0 spiro atoms. The predicted molar refractivity (Wildman–Crippen MR) is 76.8 cm³/mol. The summed E-state index contributed by atoms with van der Waals surface area (Å²) in [5, 5.41) is 3.69. The summed E-state index contributed by atoms with van der Waals surface area (Å²) in [5.74, 6) is 0.970. The van der Waals surface area contributed by atoms with Crippen LogP contribution < -0.4 is 5.32 Å². The van der Waals surface area contributed by atoms with Crippen LogP contribution in [0.25, 0.3) is 0 Å². The molecule has 1 aromatic rings. The Balaban J connectivity index is 1.75. The van der Waals surface area contributed by atoms with Gasteiger partial charge in [-0.2, -0.15) is 0 Å². The van der Waals surface area contributed by atoms with E-state index in [2.05, 4.69) is 18.3 Å². The maximum atomic E-state index is 5.94. The van der Waals surface area contributed by atoms with Crippen LogP contribution >= 0.6 is 22.9 Å². The average molecular weight is 272 g/mol. The Kier molecular flexibility index (Phi) is 5.33. The molecular weight excluding hydrogens is 250 g/mol. The molecule has 0 aromatic carbocycles. The molecule has 1 saturated carbocycles. The molecule has 2 rings (SSSR count). The van der Waals surface area contributed by atoms with Crippen LogP contribution in [0, 0.1) is 5.92 Å². The van der Waals surface area contributed by atoms with Crippen molar-refractivity contribution in [1.29, 1.82) is 0 Å². The molecule has 1 N–H and O–H groups in total. The Bertz CT molecular complexity index is 337. The largest absolute Gasteiger partial charge is 0.309 e. The first-order valence-corrected chi connectivity index (χ1v) is 7.95. The van der Waals surface area contributed by atoms with Crippen LogP contribution in [0.5, 0.6) is 0 Å². The molecule has 17 heavy (non-hydrogen) atoms. The molecule has 1 nitrogen and oxygen atoms in total. The minimum atomic E-state index is 0.715. The molecule has 2 unspecified atom stereocenters. The molecular formula is C14H22ClNS. The van der Waals surface area contributed by atoms with Crippen molar-refractivity contribution in [1.82, 2.24) is 5.32 Å². The Morgan fingerprint density at radius 1 is 1.29 bits per heavy atom. The minimum absolute atomic E-state index is 0.715. The lowest BCUT2D eigenvalue weighted by atomic mass is 9.98. The molecule has 1 aliphatic carbocycles. The fraction of sp³-hybridized carbons (Fsp3) is 0.714. The fourth-order valence-electron chi connectivity index (χ4n) is 2.68. The minimum Gasteiger partial charge on any atom is -0.309 e. The van der Waals surface area contributed by atoms with Crippen molar-refractivity contribution >= 4 is 22.9 Å². The van der Waals surface area contributed by atoms with Gasteiger partial charge in [-0.05, 0) is 37.3 Å². The first-order chi connectivity index (χ1) is 8.28. The normalized spacial score (nSPS) is 25.8. The van der Waals surface area contributed by atoms with Crippen molar-refractivity contribution < 1.29 is 0 Å². The smallest absolute Gasteiger partial charge is 0.0931 e. The lowest BCUT2D eigenvalue weighted by Gasteiger charge is -2.16. The van der Waals surface area contributed by atoms with Crippen LogP contribution in [0.1, 0.15) is 50.3 Å². The van der Waals surface area contributed by atoms with Crippen molar-refractivity contribution in [2.45, 2.75) is 58.0 Å². The van der Waals surface area contributed by atoms with Gasteiger partial charge < -0.3 is 5.32 Å². The second-order valence-corrected chi connectivity index (χ2v) is 6.87. The van der Waals surface area contributed by atoms with Gasteiger partial charge in [0, 0.05) is 17.5 Å². The zero-order valence-electron chi connectivity index (χ0n) is 10.5. The van der Waals surface area contributed by atoms with Crippen molar-refractivity contribution in [2.24, 2.45) is 5.92 Å². The maximum absolute atomic E-state index is 5.94. The van der Waals surface area contributed by atoms with Crippen molar-refractivity contribution in [3.8, 4) is 0 Å². The predicted octanol–water partition coefficient (Wildman–Crippen LogP) is 4.85. The van der Waals surface area contributed by atoms with E-state index in [9.17, 15) is 0 Å². The van der Waals surface area contributed by atoms with Crippen molar-refractivity contribution in [3.05, 3.63) is 21.3 Å². The SMILES string of the molecule is CCC1CCCC(NCc2ccc(Cl)s2)CC1. The molecule has 0 radical (unpaired) electrons. The summed E-state index contributed by atoms with van der Waals surface area (Å²) in [6, 6.07) is 4.84. The molecule has 0 bridgehead atoms. The second kappa shape index (κ2) is 6.77. The number of nitrogens with one attached hydrogen (secondary N) is 1. The van der Waals surface area contributed by atoms with E-state index in [1.165, 1.54) is 43.4 Å². The third-order valence-corrected chi connectivity index (χ3v) is 5.09. The van der Waals surface area contributed by atoms with Crippen molar-refractivity contribution in [2.75, 3.05) is 0 Å². The molecule has 1 aromatic heterocycles. The third kappa shape index (κ3) is 4.27. The lowest BCUT2D eigenvalue weighted by Crippen LogP contribution is -2.27. The standard InChI is InChI=1S/C14H22ClNS/c1-2-11-4-3-5-12(7-6-11)16-10-13-8-9-14(15)17-13/h8-9,11-12,16H,2-7,10H2,1H3. The van der Waals surface area contributed by atoms with Crippen LogP contribution in [-0.2, 0) is 6.54 Å². The summed E-state index contributed by atoms with van der Waals surface area (Å²) >= 11 is 7.63. The number of hydrogen-bond acceptors (Lipinski definition) is 2. The summed E-state index contributed by atoms with van der Waals surface area (Å²) in [4.78, 5) is 1.35. The van der Waals surface area contributed by atoms with Gasteiger partial charge >= 0.3 is 0 Å². The van der Waals surface area contributed by atoms with E-state index in [1.807, 2.05) is 6.07 Å². The number of thiophene rings is 1. The zero-order valence-corrected chi connectivity index (χ0v) is 12.1. The van der Waals surface area contributed by atoms with E-state index in [4.69, 9.17) is 11.6 Å². The summed E-state index contributed by atoms with van der Waals surface area (Å²) < 4.78 is 0.897. The van der Waals surface area contributed by atoms with Gasteiger partial charge in [0.05, 0.1) is 4.34 Å². The van der Waals surface area contributed by atoms with Crippen LogP contribution in [0.15, 0.2) is 12.1 Å². The average Bonchev–Trinajstić information content (AvgIpc) is 2.63. The summed E-state index contributed by atoms with van der Waals surface area (Å²) in [6.45, 7) is 3.31. The van der Waals surface area contributed by atoms with E-state index in [1.54, 1.807) is 11.3 Å². The summed E-state index contributed by atoms with van der Waals surface area (Å²) in [6.07, 6.45) is 8.26. The highest BCUT2D eigenvalue weighted by atomic mass is 35.5. The van der Waals surface area contributed by atoms with Gasteiger partial charge in [-0.15, -0.1) is 11.3 Å². The van der Waals surface area contributed by atoms with E-state index in [0.717, 1.165) is 16.8 Å². The van der Waals surface area contributed by atoms with E-state index < -0.39 is 0 Å². The molecule has 96 valence electrons. The monoisotopic (exact) mass is 271 g/mol. The van der Waals surface area contributed by atoms with Gasteiger partial charge in [-0.1, -0.05) is 37.8 Å². The zero-order chi connectivity index (χ0) is 12.1. The first-order valence-electron chi connectivity index (χ1n) is 6.75. The Labute approximate surface area is 114 Å². The Hall–Kier alpha value is -0.0500. The summed E-state index contributed by atoms with van der Waals surface area (Å²) in [7, 11) is 0. The number of hydrogen-bond donors (Lipinski definition) is 1. The quantitative estimate of drug-likeness (QED) is 0.772. The van der Waals surface area contributed by atoms with Gasteiger partial charge in [0.15, 0.2) is 0 Å². The fourth-order valence-corrected chi connectivity index (χ4v) is 3.72. The first kappa shape index (κ1) is 13.4. The molecule has 1 heterocycles. The van der Waals surface area contributed by atoms with E-state index in [-0.39, 0.29) is 0 Å². The van der Waals surface area contributed by atoms with Crippen molar-refractivity contribution in [3.63, 3.8) is 0 Å². The van der Waals surface area contributed by atoms with Gasteiger partial charge in [-0.3, -0.25) is 0 Å². The number of rotatable bonds is 4. The molecule has 0 saturated heterocycles. The maximum Gasteiger partial charge on any atom is 0.0931 e. The Morgan fingerprint density at radius 2 is 2.18 bits per heavy atom. The highest BCUT2D eigenvalue weighted by Gasteiger charge is 2.17. The van der Waals surface area contributed by atoms with Crippen LogP contribution in [0.2, 0.25) is 4.34 Å². The van der Waals surface area contributed by atoms with Gasteiger partial charge in [-0.25, -0.2) is 0 Å². The number of halogens is 1. The molecule has 1 fully saturated rings. The third-order valence-electron chi connectivity index (χ3n) is 3.86. The molecule has 3 heteroatoms. The highest BCUT2D eigenvalue weighted by Crippen LogP contribution is 2.26. The lowest BCUT2D eigenvalue weighted by molar-refractivity contribution is 0.426. The van der Waals surface area contributed by atoms with Gasteiger partial charge in [0.2, 0.25) is 0 Å². The molecule has 2 atom stereocenters. The summed E-state index contributed by atoms with van der Waals surface area (Å²) in [5.41, 5.74) is 0. The second-order valence-electron chi connectivity index (χ2n) is 5.07. The van der Waals surface area contributed by atoms with Crippen LogP contribution in [-0.4, -0.2) is 6.04 Å². The van der Waals surface area contributed by atoms with Crippen LogP contribution in [0.4, 0.5) is 0 Å².